The number of nitrogens with zero attached hydrogens (tertiary/aromatic N) is 3. The van der Waals surface area contributed by atoms with E-state index in [1.54, 1.807) is 6.07 Å². The summed E-state index contributed by atoms with van der Waals surface area (Å²) < 4.78 is 2.06. The number of fused-ring (bicyclic) bond motifs is 4. The molecule has 0 unspecified atom stereocenters. The van der Waals surface area contributed by atoms with Crippen molar-refractivity contribution in [1.29, 1.82) is 0 Å². The number of nitrogens with one attached hydrogen (secondary N) is 2. The van der Waals surface area contributed by atoms with Crippen LogP contribution >= 0.6 is 0 Å². The van der Waals surface area contributed by atoms with Gasteiger partial charge in [-0.15, -0.1) is 0 Å². The van der Waals surface area contributed by atoms with Crippen molar-refractivity contribution in [3.05, 3.63) is 72.3 Å². The van der Waals surface area contributed by atoms with E-state index in [0.29, 0.717) is 17.9 Å². The molecule has 2 heterocycles. The van der Waals surface area contributed by atoms with Crippen molar-refractivity contribution in [1.82, 2.24) is 14.5 Å². The first-order valence-corrected chi connectivity index (χ1v) is 10.8. The van der Waals surface area contributed by atoms with Gasteiger partial charge >= 0.3 is 0 Å². The van der Waals surface area contributed by atoms with Crippen molar-refractivity contribution < 1.29 is 9.59 Å². The van der Waals surface area contributed by atoms with Crippen molar-refractivity contribution in [3.63, 3.8) is 0 Å². The van der Waals surface area contributed by atoms with Crippen LogP contribution in [0.15, 0.2) is 66.7 Å². The predicted octanol–water partition coefficient (Wildman–Crippen LogP) is 5.03. The Bertz CT molecular complexity index is 1540. The molecule has 7 heteroatoms. The lowest BCUT2D eigenvalue weighted by Gasteiger charge is -2.12. The summed E-state index contributed by atoms with van der Waals surface area (Å²) in [5.74, 6) is -0.270. The van der Waals surface area contributed by atoms with Crippen molar-refractivity contribution in [3.8, 4) is 0 Å². The van der Waals surface area contributed by atoms with Crippen LogP contribution in [0, 0.1) is 6.92 Å². The molecule has 0 radical (unpaired) electrons. The van der Waals surface area contributed by atoms with Crippen LogP contribution < -0.4 is 10.6 Å². The smallest absolute Gasteiger partial charge is 0.226 e. The summed E-state index contributed by atoms with van der Waals surface area (Å²) in [4.78, 5) is 33.9. The fourth-order valence-electron chi connectivity index (χ4n) is 4.07. The molecule has 2 N–H and O–H groups in total. The molecule has 5 aromatic rings. The maximum Gasteiger partial charge on any atom is 0.226 e. The molecule has 0 atom stereocenters. The Morgan fingerprint density at radius 2 is 1.64 bits per heavy atom. The monoisotopic (exact) mass is 437 g/mol. The minimum Gasteiger partial charge on any atom is -0.326 e. The molecule has 0 saturated heterocycles. The van der Waals surface area contributed by atoms with Gasteiger partial charge in [-0.2, -0.15) is 0 Å². The quantitative estimate of drug-likeness (QED) is 0.403. The van der Waals surface area contributed by atoms with Crippen LogP contribution in [-0.2, 0) is 16.1 Å². The van der Waals surface area contributed by atoms with Gasteiger partial charge in [-0.05, 0) is 42.8 Å². The van der Waals surface area contributed by atoms with Crippen LogP contribution in [-0.4, -0.2) is 26.3 Å². The summed E-state index contributed by atoms with van der Waals surface area (Å²) >= 11 is 0. The fraction of sp³-hybridized carbons (Fsp3) is 0.154. The largest absolute Gasteiger partial charge is 0.326 e. The van der Waals surface area contributed by atoms with Crippen molar-refractivity contribution >= 4 is 56.3 Å². The zero-order valence-electron chi connectivity index (χ0n) is 18.4. The molecule has 164 valence electrons. The summed E-state index contributed by atoms with van der Waals surface area (Å²) in [6.45, 7) is 3.84. The van der Waals surface area contributed by atoms with Gasteiger partial charge in [-0.1, -0.05) is 36.4 Å². The molecule has 0 bridgehead atoms. The summed E-state index contributed by atoms with van der Waals surface area (Å²) in [7, 11) is 0. The predicted molar refractivity (Wildman–Crippen MR) is 131 cm³/mol. The van der Waals surface area contributed by atoms with E-state index in [1.807, 2.05) is 67.6 Å². The Labute approximate surface area is 190 Å². The van der Waals surface area contributed by atoms with Crippen LogP contribution in [0.1, 0.15) is 18.9 Å². The molecule has 5 rings (SSSR count). The highest BCUT2D eigenvalue weighted by Crippen LogP contribution is 2.28. The van der Waals surface area contributed by atoms with Crippen LogP contribution in [0.4, 0.5) is 11.4 Å². The molecule has 0 saturated carbocycles. The van der Waals surface area contributed by atoms with Gasteiger partial charge in [-0.3, -0.25) is 9.59 Å². The molecule has 7 nitrogen and oxygen atoms in total. The number of para-hydroxylation sites is 3. The molecule has 0 fully saturated rings. The minimum atomic E-state index is -0.156. The number of aromatic nitrogens is 3. The van der Waals surface area contributed by atoms with Gasteiger partial charge < -0.3 is 15.2 Å². The minimum absolute atomic E-state index is 0.113. The lowest BCUT2D eigenvalue weighted by molar-refractivity contribution is -0.116. The van der Waals surface area contributed by atoms with Gasteiger partial charge in [0.05, 0.1) is 16.6 Å². The summed E-state index contributed by atoms with van der Waals surface area (Å²) in [5, 5.41) is 6.74. The Balaban J connectivity index is 1.44. The number of carbonyl (C=O) groups excluding carboxylic acids is 2. The third-order valence-electron chi connectivity index (χ3n) is 5.65. The molecule has 0 spiro atoms. The molecule has 3 aromatic carbocycles. The zero-order chi connectivity index (χ0) is 22.9. The molecule has 0 aliphatic carbocycles. The van der Waals surface area contributed by atoms with Gasteiger partial charge in [0.2, 0.25) is 11.8 Å². The topological polar surface area (TPSA) is 88.9 Å². The molecule has 2 aromatic heterocycles. The Kier molecular flexibility index (Phi) is 5.22. The first-order valence-electron chi connectivity index (χ1n) is 10.8. The third-order valence-corrected chi connectivity index (χ3v) is 5.65. The number of anilines is 2. The van der Waals surface area contributed by atoms with Crippen molar-refractivity contribution in [2.45, 2.75) is 26.8 Å². The van der Waals surface area contributed by atoms with Crippen molar-refractivity contribution in [2.24, 2.45) is 0 Å². The van der Waals surface area contributed by atoms with E-state index in [2.05, 4.69) is 15.2 Å². The van der Waals surface area contributed by atoms with Crippen LogP contribution in [0.5, 0.6) is 0 Å². The maximum absolute atomic E-state index is 12.8. The summed E-state index contributed by atoms with van der Waals surface area (Å²) in [6, 6.07) is 21.3. The van der Waals surface area contributed by atoms with Crippen molar-refractivity contribution in [2.75, 3.05) is 10.6 Å². The highest BCUT2D eigenvalue weighted by atomic mass is 16.2. The molecule has 2 amide bonds. The fourth-order valence-corrected chi connectivity index (χ4v) is 4.07. The number of hydrogen-bond donors (Lipinski definition) is 2. The van der Waals surface area contributed by atoms with E-state index < -0.39 is 0 Å². The lowest BCUT2D eigenvalue weighted by Crippen LogP contribution is -2.16. The average molecular weight is 438 g/mol. The Hall–Kier alpha value is -4.26. The highest BCUT2D eigenvalue weighted by Gasteiger charge is 2.15. The second-order valence-corrected chi connectivity index (χ2v) is 8.06. The second-order valence-electron chi connectivity index (χ2n) is 8.06. The molecule has 0 aliphatic heterocycles. The van der Waals surface area contributed by atoms with Crippen LogP contribution in [0.3, 0.4) is 0 Å². The van der Waals surface area contributed by atoms with E-state index in [0.717, 1.165) is 38.7 Å². The maximum atomic E-state index is 12.8. The van der Waals surface area contributed by atoms with Gasteiger partial charge in [0.1, 0.15) is 5.52 Å². The van der Waals surface area contributed by atoms with E-state index in [9.17, 15) is 9.59 Å². The Morgan fingerprint density at radius 3 is 2.42 bits per heavy atom. The number of aryl methyl sites for hydroxylation is 2. The van der Waals surface area contributed by atoms with E-state index in [4.69, 9.17) is 9.97 Å². The van der Waals surface area contributed by atoms with Crippen LogP contribution in [0.25, 0.3) is 33.1 Å². The average Bonchev–Trinajstić information content (AvgIpc) is 3.10. The summed E-state index contributed by atoms with van der Waals surface area (Å²) in [5.41, 5.74) is 6.53. The first-order chi connectivity index (χ1) is 16.0. The molecule has 0 aliphatic rings. The number of rotatable bonds is 5. The van der Waals surface area contributed by atoms with E-state index in [1.165, 1.54) is 6.92 Å². The normalized spacial score (nSPS) is 11.2. The summed E-state index contributed by atoms with van der Waals surface area (Å²) in [6.07, 6.45) is 0.270. The second kappa shape index (κ2) is 8.35. The lowest BCUT2D eigenvalue weighted by atomic mass is 10.1. The first kappa shape index (κ1) is 20.6. The molecule has 33 heavy (non-hydrogen) atoms. The number of carbonyl (C=O) groups is 2. The van der Waals surface area contributed by atoms with Gasteiger partial charge in [0, 0.05) is 36.7 Å². The number of hydrogen-bond acceptors (Lipinski definition) is 4. The number of amides is 2. The van der Waals surface area contributed by atoms with E-state index >= 15 is 0 Å². The van der Waals surface area contributed by atoms with Gasteiger partial charge in [0.15, 0.2) is 5.65 Å². The van der Waals surface area contributed by atoms with E-state index in [-0.39, 0.29) is 18.2 Å². The number of benzene rings is 3. The van der Waals surface area contributed by atoms with Crippen LogP contribution in [0.2, 0.25) is 0 Å². The standard InChI is InChI=1S/C26H23N5O2/c1-16-11-12-18(27-17(2)32)15-22(16)28-24(33)13-14-31-23-10-6-3-7-19(23)25-26(31)30-21-9-5-4-8-20(21)29-25/h3-12,15H,13-14H2,1-2H3,(H,27,32)(H,28,33). The zero-order valence-corrected chi connectivity index (χ0v) is 18.4. The van der Waals surface area contributed by atoms with Gasteiger partial charge in [-0.25, -0.2) is 9.97 Å². The molecular formula is C26H23N5O2. The SMILES string of the molecule is CC(=O)Nc1ccc(C)c(NC(=O)CCn2c3ccccc3c3nc4ccccc4nc32)c1. The third kappa shape index (κ3) is 4.01. The molecular weight excluding hydrogens is 414 g/mol. The Morgan fingerprint density at radius 1 is 0.909 bits per heavy atom. The van der Waals surface area contributed by atoms with Gasteiger partial charge in [0.25, 0.3) is 0 Å². The highest BCUT2D eigenvalue weighted by molar-refractivity contribution is 6.06.